The zero-order valence-electron chi connectivity index (χ0n) is 10.5. The van der Waals surface area contributed by atoms with Gasteiger partial charge in [-0.2, -0.15) is 0 Å². The Balaban J connectivity index is 2.00. The molecule has 0 aliphatic rings. The van der Waals surface area contributed by atoms with Gasteiger partial charge >= 0.3 is 0 Å². The Morgan fingerprint density at radius 3 is 2.90 bits per heavy atom. The molecular formula is C14H10N2O2S2. The highest BCUT2D eigenvalue weighted by molar-refractivity contribution is 8.13. The van der Waals surface area contributed by atoms with E-state index in [0.717, 1.165) is 22.7 Å². The van der Waals surface area contributed by atoms with Crippen molar-refractivity contribution in [3.05, 3.63) is 52.1 Å². The van der Waals surface area contributed by atoms with Crippen molar-refractivity contribution in [3.8, 4) is 0 Å². The van der Waals surface area contributed by atoms with E-state index in [-0.39, 0.29) is 10.9 Å². The van der Waals surface area contributed by atoms with Gasteiger partial charge in [-0.15, -0.1) is 11.3 Å². The Labute approximate surface area is 123 Å². The lowest BCUT2D eigenvalue weighted by Crippen LogP contribution is -2.01. The van der Waals surface area contributed by atoms with Crippen LogP contribution >= 0.6 is 23.1 Å². The molecule has 0 saturated carbocycles. The molecule has 1 aromatic carbocycles. The summed E-state index contributed by atoms with van der Waals surface area (Å²) in [6.07, 6.45) is 3.38. The van der Waals surface area contributed by atoms with Crippen molar-refractivity contribution in [2.24, 2.45) is 0 Å². The molecule has 0 atom stereocenters. The number of nitrogens with one attached hydrogen (secondary N) is 1. The molecule has 0 fully saturated rings. The van der Waals surface area contributed by atoms with E-state index in [1.807, 2.05) is 24.3 Å². The van der Waals surface area contributed by atoms with Crippen LogP contribution in [0.25, 0.3) is 10.9 Å². The number of fused-ring (bicyclic) bond motifs is 1. The van der Waals surface area contributed by atoms with Crippen LogP contribution in [0.2, 0.25) is 0 Å². The normalized spacial score (nSPS) is 10.8. The van der Waals surface area contributed by atoms with E-state index in [9.17, 15) is 9.59 Å². The monoisotopic (exact) mass is 302 g/mol. The Bertz CT molecular complexity index is 804. The maximum absolute atomic E-state index is 12.5. The molecule has 0 spiro atoms. The first-order valence-corrected chi connectivity index (χ1v) is 7.96. The number of hydrogen-bond donors (Lipinski definition) is 1. The molecule has 3 rings (SSSR count). The lowest BCUT2D eigenvalue weighted by molar-refractivity contribution is 0.104. The topological polar surface area (TPSA) is 62.8 Å². The molecule has 0 amide bonds. The van der Waals surface area contributed by atoms with Gasteiger partial charge in [0, 0.05) is 22.5 Å². The average molecular weight is 302 g/mol. The first-order valence-electron chi connectivity index (χ1n) is 5.85. The second-order valence-corrected chi connectivity index (χ2v) is 5.74. The molecule has 0 radical (unpaired) electrons. The van der Waals surface area contributed by atoms with Gasteiger partial charge in [-0.1, -0.05) is 30.0 Å². The van der Waals surface area contributed by atoms with E-state index < -0.39 is 0 Å². The number of ketones is 1. The van der Waals surface area contributed by atoms with Crippen LogP contribution in [0.3, 0.4) is 0 Å². The number of para-hydroxylation sites is 1. The number of thioether (sulfide) groups is 1. The van der Waals surface area contributed by atoms with Gasteiger partial charge in [-0.25, -0.2) is 4.98 Å². The van der Waals surface area contributed by atoms with Crippen molar-refractivity contribution in [1.82, 2.24) is 9.97 Å². The lowest BCUT2D eigenvalue weighted by Gasteiger charge is -1.95. The third-order valence-electron chi connectivity index (χ3n) is 2.93. The quantitative estimate of drug-likeness (QED) is 0.754. The first-order chi connectivity index (χ1) is 9.70. The van der Waals surface area contributed by atoms with Crippen molar-refractivity contribution in [3.63, 3.8) is 0 Å². The Morgan fingerprint density at radius 1 is 1.30 bits per heavy atom. The van der Waals surface area contributed by atoms with Gasteiger partial charge in [0.2, 0.25) is 10.9 Å². The number of aromatic amines is 1. The molecule has 2 aromatic heterocycles. The maximum atomic E-state index is 12.5. The van der Waals surface area contributed by atoms with E-state index in [0.29, 0.717) is 16.3 Å². The highest BCUT2D eigenvalue weighted by atomic mass is 32.2. The standard InChI is InChI=1S/C14H10N2O2S2/c1-19-14(18)11-7-20-13(16-11)12(17)9-6-15-10-5-3-2-4-8(9)10/h2-7,15H,1H3. The van der Waals surface area contributed by atoms with Gasteiger partial charge in [0.05, 0.1) is 5.56 Å². The third kappa shape index (κ3) is 2.17. The number of rotatable bonds is 3. The largest absolute Gasteiger partial charge is 0.360 e. The minimum atomic E-state index is -0.160. The van der Waals surface area contributed by atoms with Crippen LogP contribution < -0.4 is 0 Å². The van der Waals surface area contributed by atoms with Crippen molar-refractivity contribution >= 4 is 44.9 Å². The predicted octanol–water partition coefficient (Wildman–Crippen LogP) is 3.36. The molecule has 100 valence electrons. The van der Waals surface area contributed by atoms with E-state index in [4.69, 9.17) is 0 Å². The molecule has 0 unspecified atom stereocenters. The fourth-order valence-corrected chi connectivity index (χ4v) is 3.09. The summed E-state index contributed by atoms with van der Waals surface area (Å²) in [5.74, 6) is -0.160. The highest BCUT2D eigenvalue weighted by Gasteiger charge is 2.19. The summed E-state index contributed by atoms with van der Waals surface area (Å²) in [6, 6.07) is 7.60. The smallest absolute Gasteiger partial charge is 0.238 e. The number of aromatic nitrogens is 2. The Kier molecular flexibility index (Phi) is 3.42. The third-order valence-corrected chi connectivity index (χ3v) is 4.35. The van der Waals surface area contributed by atoms with Gasteiger partial charge in [0.25, 0.3) is 0 Å². The number of H-pyrrole nitrogens is 1. The molecule has 0 aliphatic carbocycles. The number of nitrogens with zero attached hydrogens (tertiary/aromatic N) is 1. The fourth-order valence-electron chi connectivity index (χ4n) is 1.95. The van der Waals surface area contributed by atoms with E-state index in [1.54, 1.807) is 17.8 Å². The molecule has 4 nitrogen and oxygen atoms in total. The average Bonchev–Trinajstić information content (AvgIpc) is 3.12. The summed E-state index contributed by atoms with van der Waals surface area (Å²) < 4.78 is 0. The number of hydrogen-bond acceptors (Lipinski definition) is 5. The van der Waals surface area contributed by atoms with E-state index in [1.165, 1.54) is 11.3 Å². The molecule has 0 aliphatic heterocycles. The molecule has 20 heavy (non-hydrogen) atoms. The number of carbonyl (C=O) groups is 2. The second kappa shape index (κ2) is 5.22. The second-order valence-electron chi connectivity index (χ2n) is 4.11. The molecule has 2 heterocycles. The number of thiazole rings is 1. The van der Waals surface area contributed by atoms with Crippen LogP contribution in [-0.4, -0.2) is 27.1 Å². The van der Waals surface area contributed by atoms with Gasteiger partial charge in [0.15, 0.2) is 5.01 Å². The minimum Gasteiger partial charge on any atom is -0.360 e. The van der Waals surface area contributed by atoms with Crippen LogP contribution in [0.1, 0.15) is 25.9 Å². The van der Waals surface area contributed by atoms with E-state index >= 15 is 0 Å². The van der Waals surface area contributed by atoms with Crippen LogP contribution in [0.15, 0.2) is 35.8 Å². The molecule has 0 bridgehead atoms. The van der Waals surface area contributed by atoms with Crippen LogP contribution in [0.5, 0.6) is 0 Å². The zero-order chi connectivity index (χ0) is 14.1. The molecule has 6 heteroatoms. The van der Waals surface area contributed by atoms with Crippen molar-refractivity contribution < 1.29 is 9.59 Å². The minimum absolute atomic E-state index is 0.126. The molecule has 3 aromatic rings. The Morgan fingerprint density at radius 2 is 2.10 bits per heavy atom. The molecule has 1 N–H and O–H groups in total. The van der Waals surface area contributed by atoms with Crippen molar-refractivity contribution in [1.29, 1.82) is 0 Å². The van der Waals surface area contributed by atoms with Gasteiger partial charge < -0.3 is 4.98 Å². The van der Waals surface area contributed by atoms with Gasteiger partial charge in [-0.05, 0) is 12.3 Å². The predicted molar refractivity (Wildman–Crippen MR) is 81.7 cm³/mol. The first kappa shape index (κ1) is 13.1. The van der Waals surface area contributed by atoms with Crippen molar-refractivity contribution in [2.75, 3.05) is 6.26 Å². The fraction of sp³-hybridized carbons (Fsp3) is 0.0714. The van der Waals surface area contributed by atoms with Crippen LogP contribution in [0.4, 0.5) is 0 Å². The summed E-state index contributed by atoms with van der Waals surface area (Å²) in [5.41, 5.74) is 1.83. The summed E-state index contributed by atoms with van der Waals surface area (Å²) >= 11 is 2.29. The van der Waals surface area contributed by atoms with Crippen LogP contribution in [0, 0.1) is 0 Å². The van der Waals surface area contributed by atoms with E-state index in [2.05, 4.69) is 9.97 Å². The van der Waals surface area contributed by atoms with Gasteiger partial charge in [0.1, 0.15) is 5.69 Å². The lowest BCUT2D eigenvalue weighted by atomic mass is 10.1. The summed E-state index contributed by atoms with van der Waals surface area (Å²) in [4.78, 5) is 31.2. The van der Waals surface area contributed by atoms with Crippen LogP contribution in [-0.2, 0) is 0 Å². The summed E-state index contributed by atoms with van der Waals surface area (Å²) in [7, 11) is 0. The number of carbonyl (C=O) groups excluding carboxylic acids is 2. The summed E-state index contributed by atoms with van der Waals surface area (Å²) in [5, 5.41) is 2.71. The SMILES string of the molecule is CSC(=O)c1csc(C(=O)c2c[nH]c3ccccc23)n1. The van der Waals surface area contributed by atoms with Gasteiger partial charge in [-0.3, -0.25) is 9.59 Å². The maximum Gasteiger partial charge on any atom is 0.238 e. The Hall–Kier alpha value is -1.92. The number of benzene rings is 1. The molecular weight excluding hydrogens is 292 g/mol. The molecule has 0 saturated heterocycles. The zero-order valence-corrected chi connectivity index (χ0v) is 12.2. The summed E-state index contributed by atoms with van der Waals surface area (Å²) in [6.45, 7) is 0. The highest BCUT2D eigenvalue weighted by Crippen LogP contribution is 2.23. The van der Waals surface area contributed by atoms with Crippen molar-refractivity contribution in [2.45, 2.75) is 0 Å².